The fraction of sp³-hybridized carbons (Fsp3) is 0.286. The number of carbonyl (C=O) groups excluding carboxylic acids is 1. The Balaban J connectivity index is 1.72. The number of amides is 1. The minimum absolute atomic E-state index is 0.00208. The summed E-state index contributed by atoms with van der Waals surface area (Å²) in [7, 11) is 0. The van der Waals surface area contributed by atoms with Gasteiger partial charge in [0.2, 0.25) is 5.91 Å². The summed E-state index contributed by atoms with van der Waals surface area (Å²) in [6, 6.07) is 9.81. The number of rotatable bonds is 6. The van der Waals surface area contributed by atoms with Crippen LogP contribution >= 0.6 is 0 Å². The first kappa shape index (κ1) is 18.2. The second-order valence-corrected chi connectivity index (χ2v) is 7.15. The molecular formula is C21H21FN4O2. The van der Waals surface area contributed by atoms with Crippen molar-refractivity contribution in [3.8, 4) is 22.4 Å². The number of anilines is 1. The first-order valence-corrected chi connectivity index (χ1v) is 9.29. The quantitative estimate of drug-likeness (QED) is 0.703. The number of nitrogens with zero attached hydrogens (tertiary/aromatic N) is 3. The van der Waals surface area contributed by atoms with Crippen molar-refractivity contribution < 1.29 is 14.0 Å². The molecule has 1 amide bonds. The first-order valence-electron chi connectivity index (χ1n) is 9.29. The third kappa shape index (κ3) is 4.03. The van der Waals surface area contributed by atoms with Crippen molar-refractivity contribution in [2.24, 2.45) is 5.92 Å². The zero-order valence-corrected chi connectivity index (χ0v) is 15.7. The van der Waals surface area contributed by atoms with Gasteiger partial charge in [-0.1, -0.05) is 0 Å². The zero-order chi connectivity index (χ0) is 19.7. The maximum absolute atomic E-state index is 13.3. The van der Waals surface area contributed by atoms with E-state index in [0.717, 1.165) is 29.5 Å². The summed E-state index contributed by atoms with van der Waals surface area (Å²) < 4.78 is 13.3. The van der Waals surface area contributed by atoms with Crippen molar-refractivity contribution in [3.05, 3.63) is 54.6 Å². The van der Waals surface area contributed by atoms with E-state index in [1.807, 2.05) is 26.0 Å². The molecule has 4 rings (SSSR count). The van der Waals surface area contributed by atoms with Gasteiger partial charge in [0.1, 0.15) is 23.4 Å². The maximum atomic E-state index is 13.3. The molecule has 144 valence electrons. The van der Waals surface area contributed by atoms with E-state index < -0.39 is 0 Å². The SMILES string of the molecule is CC(C)On1cc(-c2ccnc(NC(=O)C3CC3)c2)c(-c2ccc(F)cc2)n1. The van der Waals surface area contributed by atoms with E-state index in [9.17, 15) is 9.18 Å². The lowest BCUT2D eigenvalue weighted by Crippen LogP contribution is -2.19. The van der Waals surface area contributed by atoms with Crippen LogP contribution in [0.1, 0.15) is 26.7 Å². The van der Waals surface area contributed by atoms with E-state index in [0.29, 0.717) is 11.5 Å². The number of pyridine rings is 1. The van der Waals surface area contributed by atoms with Gasteiger partial charge in [0.25, 0.3) is 0 Å². The molecule has 0 saturated heterocycles. The molecule has 28 heavy (non-hydrogen) atoms. The van der Waals surface area contributed by atoms with E-state index >= 15 is 0 Å². The van der Waals surface area contributed by atoms with Crippen LogP contribution in [0.4, 0.5) is 10.2 Å². The van der Waals surface area contributed by atoms with E-state index in [4.69, 9.17) is 4.84 Å². The topological polar surface area (TPSA) is 69.0 Å². The molecule has 7 heteroatoms. The van der Waals surface area contributed by atoms with Gasteiger partial charge in [-0.3, -0.25) is 4.79 Å². The maximum Gasteiger partial charge on any atom is 0.228 e. The standard InChI is InChI=1S/C21H21FN4O2/c1-13(2)28-26-12-18(20(25-26)14-5-7-17(22)8-6-14)16-9-10-23-19(11-16)24-21(27)15-3-4-15/h5-13,15H,3-4H2,1-2H3,(H,23,24,27). The molecule has 1 fully saturated rings. The predicted molar refractivity (Wildman–Crippen MR) is 104 cm³/mol. The molecule has 1 aliphatic rings. The van der Waals surface area contributed by atoms with E-state index in [1.54, 1.807) is 24.5 Å². The van der Waals surface area contributed by atoms with Crippen LogP contribution in [0, 0.1) is 11.7 Å². The highest BCUT2D eigenvalue weighted by atomic mass is 19.1. The summed E-state index contributed by atoms with van der Waals surface area (Å²) in [5.74, 6) is 0.291. The van der Waals surface area contributed by atoms with Crippen molar-refractivity contribution >= 4 is 11.7 Å². The van der Waals surface area contributed by atoms with Gasteiger partial charge in [0, 0.05) is 23.2 Å². The lowest BCUT2D eigenvalue weighted by atomic mass is 10.0. The van der Waals surface area contributed by atoms with Gasteiger partial charge >= 0.3 is 0 Å². The van der Waals surface area contributed by atoms with E-state index in [-0.39, 0.29) is 23.7 Å². The Hall–Kier alpha value is -3.22. The van der Waals surface area contributed by atoms with Gasteiger partial charge in [0.05, 0.1) is 6.20 Å². The molecule has 1 aromatic carbocycles. The number of aromatic nitrogens is 3. The van der Waals surface area contributed by atoms with E-state index in [2.05, 4.69) is 15.4 Å². The molecule has 0 atom stereocenters. The number of hydrogen-bond donors (Lipinski definition) is 1. The zero-order valence-electron chi connectivity index (χ0n) is 15.7. The molecular weight excluding hydrogens is 359 g/mol. The Morgan fingerprint density at radius 1 is 1.21 bits per heavy atom. The molecule has 2 heterocycles. The van der Waals surface area contributed by atoms with Gasteiger partial charge in [-0.2, -0.15) is 0 Å². The van der Waals surface area contributed by atoms with Crippen molar-refractivity contribution in [2.75, 3.05) is 5.32 Å². The minimum atomic E-state index is -0.308. The molecule has 1 aliphatic carbocycles. The lowest BCUT2D eigenvalue weighted by molar-refractivity contribution is -0.117. The summed E-state index contributed by atoms with van der Waals surface area (Å²) in [4.78, 5) is 23.4. The third-order valence-corrected chi connectivity index (χ3v) is 4.40. The number of carbonyl (C=O) groups is 1. The highest BCUT2D eigenvalue weighted by Gasteiger charge is 2.29. The smallest absolute Gasteiger partial charge is 0.228 e. The Morgan fingerprint density at radius 3 is 2.64 bits per heavy atom. The highest BCUT2D eigenvalue weighted by Crippen LogP contribution is 2.33. The second kappa shape index (κ2) is 7.42. The Bertz CT molecular complexity index is 994. The molecule has 2 aromatic heterocycles. The minimum Gasteiger partial charge on any atom is -0.394 e. The van der Waals surface area contributed by atoms with Crippen molar-refractivity contribution in [1.82, 2.24) is 14.9 Å². The van der Waals surface area contributed by atoms with Gasteiger partial charge < -0.3 is 10.2 Å². The van der Waals surface area contributed by atoms with Gasteiger partial charge in [-0.15, -0.1) is 9.94 Å². The summed E-state index contributed by atoms with van der Waals surface area (Å²) in [6.45, 7) is 3.83. The molecule has 0 unspecified atom stereocenters. The number of benzene rings is 1. The monoisotopic (exact) mass is 380 g/mol. The van der Waals surface area contributed by atoms with Crippen LogP contribution < -0.4 is 10.2 Å². The normalized spacial score (nSPS) is 13.6. The van der Waals surface area contributed by atoms with Crippen molar-refractivity contribution in [1.29, 1.82) is 0 Å². The molecule has 0 bridgehead atoms. The Kier molecular flexibility index (Phi) is 4.81. The molecule has 6 nitrogen and oxygen atoms in total. The summed E-state index contributed by atoms with van der Waals surface area (Å²) in [6.07, 6.45) is 5.23. The Morgan fingerprint density at radius 2 is 1.96 bits per heavy atom. The lowest BCUT2D eigenvalue weighted by Gasteiger charge is -2.07. The number of nitrogens with one attached hydrogen (secondary N) is 1. The third-order valence-electron chi connectivity index (χ3n) is 4.40. The van der Waals surface area contributed by atoms with Crippen molar-refractivity contribution in [3.63, 3.8) is 0 Å². The van der Waals surface area contributed by atoms with Crippen LogP contribution in [0.5, 0.6) is 0 Å². The van der Waals surface area contributed by atoms with Crippen LogP contribution in [0.3, 0.4) is 0 Å². The van der Waals surface area contributed by atoms with Crippen LogP contribution in [0.2, 0.25) is 0 Å². The molecule has 0 aliphatic heterocycles. The summed E-state index contributed by atoms with van der Waals surface area (Å²) in [5.41, 5.74) is 3.06. The van der Waals surface area contributed by atoms with Crippen LogP contribution in [0.15, 0.2) is 48.8 Å². The fourth-order valence-electron chi connectivity index (χ4n) is 2.90. The summed E-state index contributed by atoms with van der Waals surface area (Å²) in [5, 5.41) is 7.38. The highest BCUT2D eigenvalue weighted by molar-refractivity contribution is 5.94. The van der Waals surface area contributed by atoms with Gasteiger partial charge in [-0.25, -0.2) is 9.37 Å². The van der Waals surface area contributed by atoms with Crippen LogP contribution in [0.25, 0.3) is 22.4 Å². The largest absolute Gasteiger partial charge is 0.394 e. The molecule has 1 saturated carbocycles. The molecule has 1 N–H and O–H groups in total. The second-order valence-electron chi connectivity index (χ2n) is 7.15. The first-order chi connectivity index (χ1) is 13.5. The number of hydrogen-bond acceptors (Lipinski definition) is 4. The van der Waals surface area contributed by atoms with Crippen molar-refractivity contribution in [2.45, 2.75) is 32.8 Å². The molecule has 0 spiro atoms. The number of halogens is 1. The average molecular weight is 380 g/mol. The summed E-state index contributed by atoms with van der Waals surface area (Å²) >= 11 is 0. The van der Waals surface area contributed by atoms with Crippen LogP contribution in [-0.4, -0.2) is 26.9 Å². The fourth-order valence-corrected chi connectivity index (χ4v) is 2.90. The van der Waals surface area contributed by atoms with Gasteiger partial charge in [-0.05, 0) is 68.7 Å². The van der Waals surface area contributed by atoms with E-state index in [1.165, 1.54) is 17.0 Å². The molecule has 3 aromatic rings. The average Bonchev–Trinajstić information content (AvgIpc) is 3.43. The predicted octanol–water partition coefficient (Wildman–Crippen LogP) is 3.94. The van der Waals surface area contributed by atoms with Crippen LogP contribution in [-0.2, 0) is 4.79 Å². The molecule has 0 radical (unpaired) electrons. The van der Waals surface area contributed by atoms with Gasteiger partial charge in [0.15, 0.2) is 0 Å². The Labute approximate surface area is 162 Å².